The normalized spacial score (nSPS) is 21.0. The first-order valence-electron chi connectivity index (χ1n) is 8.41. The summed E-state index contributed by atoms with van der Waals surface area (Å²) in [6.07, 6.45) is 8.99. The summed E-state index contributed by atoms with van der Waals surface area (Å²) in [5.74, 6) is -0.871. The van der Waals surface area contributed by atoms with Crippen LogP contribution >= 0.6 is 0 Å². The first-order chi connectivity index (χ1) is 11.2. The monoisotopic (exact) mass is 332 g/mol. The van der Waals surface area contributed by atoms with Crippen molar-refractivity contribution >= 4 is 11.8 Å². The van der Waals surface area contributed by atoms with Gasteiger partial charge in [-0.1, -0.05) is 30.7 Å². The Bertz CT molecular complexity index is 601. The second-order valence-electron chi connectivity index (χ2n) is 6.65. The molecule has 0 spiro atoms. The number of aliphatic hydroxyl groups is 1. The van der Waals surface area contributed by atoms with Crippen molar-refractivity contribution in [1.29, 1.82) is 0 Å². The Hall–Kier alpha value is -1.94. The van der Waals surface area contributed by atoms with Crippen LogP contribution in [-0.2, 0) is 9.59 Å². The molecule has 4 heteroatoms. The predicted octanol–water partition coefficient (Wildman–Crippen LogP) is 3.98. The van der Waals surface area contributed by atoms with Crippen LogP contribution in [0.3, 0.4) is 0 Å². The summed E-state index contributed by atoms with van der Waals surface area (Å²) < 4.78 is 0. The average molecular weight is 332 g/mol. The van der Waals surface area contributed by atoms with Crippen LogP contribution in [0.15, 0.2) is 46.6 Å². The third-order valence-electron chi connectivity index (χ3n) is 4.06. The van der Waals surface area contributed by atoms with Crippen molar-refractivity contribution in [2.75, 3.05) is 0 Å². The molecule has 132 valence electrons. The highest BCUT2D eigenvalue weighted by Gasteiger charge is 2.25. The van der Waals surface area contributed by atoms with Gasteiger partial charge in [-0.15, -0.1) is 0 Å². The first-order valence-corrected chi connectivity index (χ1v) is 8.41. The summed E-state index contributed by atoms with van der Waals surface area (Å²) in [5, 5.41) is 19.1. The van der Waals surface area contributed by atoms with Crippen LogP contribution in [-0.4, -0.2) is 28.1 Å². The highest BCUT2D eigenvalue weighted by molar-refractivity contribution is 6.11. The fourth-order valence-corrected chi connectivity index (χ4v) is 2.66. The van der Waals surface area contributed by atoms with E-state index < -0.39 is 12.1 Å². The second-order valence-corrected chi connectivity index (χ2v) is 6.65. The number of ketones is 1. The van der Waals surface area contributed by atoms with Crippen LogP contribution in [0.1, 0.15) is 53.4 Å². The number of carboxylic acids is 1. The molecular weight excluding hydrogens is 304 g/mol. The molecule has 2 N–H and O–H groups in total. The third-order valence-corrected chi connectivity index (χ3v) is 4.06. The van der Waals surface area contributed by atoms with E-state index in [4.69, 9.17) is 0 Å². The van der Waals surface area contributed by atoms with Crippen LogP contribution in [0.25, 0.3) is 0 Å². The number of aliphatic carboxylic acids is 1. The average Bonchev–Trinajstić information content (AvgIpc) is 2.71. The van der Waals surface area contributed by atoms with Crippen LogP contribution < -0.4 is 0 Å². The van der Waals surface area contributed by atoms with Crippen molar-refractivity contribution in [3.8, 4) is 0 Å². The molecule has 0 aromatic heterocycles. The van der Waals surface area contributed by atoms with Crippen LogP contribution in [0, 0.1) is 5.92 Å². The Balaban J connectivity index is 2.58. The maximum Gasteiger partial charge on any atom is 0.331 e. The summed E-state index contributed by atoms with van der Waals surface area (Å²) in [6, 6.07) is 0. The Morgan fingerprint density at radius 3 is 2.46 bits per heavy atom. The summed E-state index contributed by atoms with van der Waals surface area (Å²) in [6.45, 7) is 7.66. The largest absolute Gasteiger partial charge is 0.478 e. The highest BCUT2D eigenvalue weighted by atomic mass is 16.4. The standard InChI is InChI=1S/C20H28O4/c1-13(2)7-5-9-16(20(23)24)10-6-8-14(3)11-17-18(21)12-15(4)19(17)22/h7,10-12,14,18,21H,5-6,8-9H2,1-4H3,(H,23,24)/b16-10-,17-11+. The molecule has 1 aliphatic carbocycles. The van der Waals surface area contributed by atoms with Crippen LogP contribution in [0.2, 0.25) is 0 Å². The summed E-state index contributed by atoms with van der Waals surface area (Å²) >= 11 is 0. The first kappa shape index (κ1) is 20.1. The van der Waals surface area contributed by atoms with Crippen molar-refractivity contribution in [2.45, 2.75) is 59.5 Å². The van der Waals surface area contributed by atoms with E-state index in [1.54, 1.807) is 25.2 Å². The number of hydrogen-bond donors (Lipinski definition) is 2. The highest BCUT2D eigenvalue weighted by Crippen LogP contribution is 2.23. The van der Waals surface area contributed by atoms with Crippen molar-refractivity contribution in [3.63, 3.8) is 0 Å². The molecule has 0 heterocycles. The number of carbonyl (C=O) groups excluding carboxylic acids is 1. The Morgan fingerprint density at radius 2 is 1.96 bits per heavy atom. The topological polar surface area (TPSA) is 74.6 Å². The van der Waals surface area contributed by atoms with E-state index in [1.165, 1.54) is 5.57 Å². The van der Waals surface area contributed by atoms with Crippen molar-refractivity contribution in [2.24, 2.45) is 5.92 Å². The molecule has 0 amide bonds. The van der Waals surface area contributed by atoms with Gasteiger partial charge in [0.25, 0.3) is 0 Å². The number of carboxylic acid groups (broad SMARTS) is 1. The molecule has 0 bridgehead atoms. The van der Waals surface area contributed by atoms with Crippen molar-refractivity contribution in [3.05, 3.63) is 46.6 Å². The van der Waals surface area contributed by atoms with E-state index in [2.05, 4.69) is 0 Å². The minimum atomic E-state index is -0.871. The lowest BCUT2D eigenvalue weighted by Gasteiger charge is -2.09. The van der Waals surface area contributed by atoms with Gasteiger partial charge in [-0.25, -0.2) is 4.79 Å². The zero-order valence-corrected chi connectivity index (χ0v) is 15.0. The fourth-order valence-electron chi connectivity index (χ4n) is 2.66. The lowest BCUT2D eigenvalue weighted by Crippen LogP contribution is -2.10. The van der Waals surface area contributed by atoms with Gasteiger partial charge >= 0.3 is 5.97 Å². The summed E-state index contributed by atoms with van der Waals surface area (Å²) in [5.41, 5.74) is 2.63. The predicted molar refractivity (Wildman–Crippen MR) is 95.6 cm³/mol. The van der Waals surface area contributed by atoms with Gasteiger partial charge < -0.3 is 10.2 Å². The molecule has 2 unspecified atom stereocenters. The number of Topliss-reactive ketones (excluding diaryl/α,β-unsaturated/α-hetero) is 1. The quantitative estimate of drug-likeness (QED) is 0.521. The zero-order chi connectivity index (χ0) is 18.3. The van der Waals surface area contributed by atoms with Gasteiger partial charge in [0.1, 0.15) is 6.10 Å². The van der Waals surface area contributed by atoms with Gasteiger partial charge in [-0.2, -0.15) is 0 Å². The van der Waals surface area contributed by atoms with Gasteiger partial charge in [0.15, 0.2) is 5.78 Å². The molecule has 0 fully saturated rings. The minimum absolute atomic E-state index is 0.0991. The minimum Gasteiger partial charge on any atom is -0.478 e. The molecule has 0 aromatic rings. The maximum atomic E-state index is 11.9. The number of carbonyl (C=O) groups is 2. The summed E-state index contributed by atoms with van der Waals surface area (Å²) in [4.78, 5) is 23.2. The van der Waals surface area contributed by atoms with Crippen molar-refractivity contribution in [1.82, 2.24) is 0 Å². The van der Waals surface area contributed by atoms with E-state index in [0.717, 1.165) is 12.8 Å². The SMILES string of the molecule is CC(C)=CCC/C(=C/CCC(C)/C=C1/C(=O)C(C)=CC1O)C(=O)O. The molecule has 4 nitrogen and oxygen atoms in total. The van der Waals surface area contributed by atoms with E-state index in [9.17, 15) is 19.8 Å². The number of hydrogen-bond acceptors (Lipinski definition) is 3. The Morgan fingerprint density at radius 1 is 1.29 bits per heavy atom. The maximum absolute atomic E-state index is 11.9. The van der Waals surface area contributed by atoms with E-state index in [0.29, 0.717) is 29.6 Å². The van der Waals surface area contributed by atoms with Crippen LogP contribution in [0.5, 0.6) is 0 Å². The van der Waals surface area contributed by atoms with Crippen LogP contribution in [0.4, 0.5) is 0 Å². The Kier molecular flexibility index (Phi) is 7.86. The second kappa shape index (κ2) is 9.38. The number of rotatable bonds is 8. The van der Waals surface area contributed by atoms with E-state index in [-0.39, 0.29) is 11.7 Å². The van der Waals surface area contributed by atoms with Gasteiger partial charge in [0.2, 0.25) is 0 Å². The molecule has 0 radical (unpaired) electrons. The molecule has 0 saturated carbocycles. The molecule has 1 rings (SSSR count). The molecular formula is C20H28O4. The molecule has 2 atom stereocenters. The summed E-state index contributed by atoms with van der Waals surface area (Å²) in [7, 11) is 0. The number of allylic oxidation sites excluding steroid dienone is 5. The molecule has 24 heavy (non-hydrogen) atoms. The fraction of sp³-hybridized carbons (Fsp3) is 0.500. The van der Waals surface area contributed by atoms with E-state index >= 15 is 0 Å². The smallest absolute Gasteiger partial charge is 0.331 e. The van der Waals surface area contributed by atoms with Gasteiger partial charge in [-0.3, -0.25) is 4.79 Å². The molecule has 0 aliphatic heterocycles. The molecule has 0 saturated heterocycles. The lowest BCUT2D eigenvalue weighted by atomic mass is 9.98. The molecule has 0 aromatic carbocycles. The van der Waals surface area contributed by atoms with Gasteiger partial charge in [0, 0.05) is 11.1 Å². The number of aliphatic hydroxyl groups excluding tert-OH is 1. The lowest BCUT2D eigenvalue weighted by molar-refractivity contribution is -0.132. The van der Waals surface area contributed by atoms with Gasteiger partial charge in [0.05, 0.1) is 0 Å². The van der Waals surface area contributed by atoms with E-state index in [1.807, 2.05) is 26.8 Å². The zero-order valence-electron chi connectivity index (χ0n) is 15.0. The Labute approximate surface area is 144 Å². The van der Waals surface area contributed by atoms with Gasteiger partial charge in [-0.05, 0) is 64.0 Å². The third kappa shape index (κ3) is 6.28. The molecule has 1 aliphatic rings. The van der Waals surface area contributed by atoms with Crippen molar-refractivity contribution < 1.29 is 19.8 Å².